The number of aryl methyl sites for hydroxylation is 1. The minimum absolute atomic E-state index is 0.251. The van der Waals surface area contributed by atoms with Crippen molar-refractivity contribution in [2.24, 2.45) is 0 Å². The van der Waals surface area contributed by atoms with E-state index in [-0.39, 0.29) is 5.82 Å². The van der Waals surface area contributed by atoms with Crippen LogP contribution in [0.3, 0.4) is 0 Å². The van der Waals surface area contributed by atoms with Crippen LogP contribution >= 0.6 is 0 Å². The van der Waals surface area contributed by atoms with Crippen LogP contribution in [-0.4, -0.2) is 6.54 Å². The molecule has 0 unspecified atom stereocenters. The highest BCUT2D eigenvalue weighted by molar-refractivity contribution is 5.45. The van der Waals surface area contributed by atoms with Gasteiger partial charge in [-0.3, -0.25) is 0 Å². The quantitative estimate of drug-likeness (QED) is 0.721. The lowest BCUT2D eigenvalue weighted by Crippen LogP contribution is -2.00. The van der Waals surface area contributed by atoms with E-state index in [0.29, 0.717) is 13.0 Å². The minimum Gasteiger partial charge on any atom is -0.384 e. The monoisotopic (exact) mass is 178 g/mol. The molecular formula is C10H11FN2. The molecule has 0 aliphatic carbocycles. The largest absolute Gasteiger partial charge is 0.384 e. The van der Waals surface area contributed by atoms with Crippen LogP contribution in [0.4, 0.5) is 10.1 Å². The average Bonchev–Trinajstić information content (AvgIpc) is 2.03. The Morgan fingerprint density at radius 3 is 2.85 bits per heavy atom. The van der Waals surface area contributed by atoms with Gasteiger partial charge in [-0.2, -0.15) is 5.26 Å². The van der Waals surface area contributed by atoms with Gasteiger partial charge in [0.2, 0.25) is 0 Å². The minimum atomic E-state index is -0.251. The molecule has 0 radical (unpaired) electrons. The summed E-state index contributed by atoms with van der Waals surface area (Å²) in [5.41, 5.74) is 1.60. The molecule has 1 aromatic rings. The Hall–Kier alpha value is -1.56. The van der Waals surface area contributed by atoms with Gasteiger partial charge < -0.3 is 5.32 Å². The first-order valence-electron chi connectivity index (χ1n) is 4.10. The van der Waals surface area contributed by atoms with E-state index in [1.807, 2.05) is 19.1 Å². The van der Waals surface area contributed by atoms with Crippen LogP contribution in [0.1, 0.15) is 12.0 Å². The zero-order valence-electron chi connectivity index (χ0n) is 7.47. The predicted molar refractivity (Wildman–Crippen MR) is 49.9 cm³/mol. The van der Waals surface area contributed by atoms with E-state index in [4.69, 9.17) is 5.26 Å². The number of nitriles is 1. The maximum absolute atomic E-state index is 12.8. The molecule has 0 saturated heterocycles. The number of nitrogens with zero attached hydrogens (tertiary/aromatic N) is 1. The Bertz CT molecular complexity index is 308. The summed E-state index contributed by atoms with van der Waals surface area (Å²) in [6.45, 7) is 2.39. The summed E-state index contributed by atoms with van der Waals surface area (Å²) in [6.07, 6.45) is 0.426. The van der Waals surface area contributed by atoms with Gasteiger partial charge in [0.1, 0.15) is 5.82 Å². The fourth-order valence-electron chi connectivity index (χ4n) is 1.10. The molecule has 0 spiro atoms. The summed E-state index contributed by atoms with van der Waals surface area (Å²) in [6, 6.07) is 6.75. The second-order valence-electron chi connectivity index (χ2n) is 2.85. The molecule has 0 heterocycles. The van der Waals surface area contributed by atoms with Gasteiger partial charge in [0.15, 0.2) is 0 Å². The van der Waals surface area contributed by atoms with E-state index in [0.717, 1.165) is 11.3 Å². The number of anilines is 1. The Balaban J connectivity index is 2.62. The standard InChI is InChI=1S/C10H11FN2/c1-8-5-9(11)7-10(6-8)13-4-2-3-12/h5-7,13H,2,4H2,1H3. The molecule has 0 amide bonds. The number of hydrogen-bond donors (Lipinski definition) is 1. The molecule has 0 aliphatic heterocycles. The highest BCUT2D eigenvalue weighted by Gasteiger charge is 1.96. The maximum atomic E-state index is 12.8. The highest BCUT2D eigenvalue weighted by atomic mass is 19.1. The molecule has 0 aliphatic rings. The molecule has 13 heavy (non-hydrogen) atoms. The van der Waals surface area contributed by atoms with Crippen molar-refractivity contribution in [2.75, 3.05) is 11.9 Å². The lowest BCUT2D eigenvalue weighted by Gasteiger charge is -2.04. The molecule has 0 atom stereocenters. The molecule has 2 nitrogen and oxygen atoms in total. The lowest BCUT2D eigenvalue weighted by atomic mass is 10.2. The Morgan fingerprint density at radius 2 is 2.23 bits per heavy atom. The fraction of sp³-hybridized carbons (Fsp3) is 0.300. The van der Waals surface area contributed by atoms with Crippen molar-refractivity contribution in [3.8, 4) is 6.07 Å². The Labute approximate surface area is 77.0 Å². The van der Waals surface area contributed by atoms with Crippen LogP contribution in [0.25, 0.3) is 0 Å². The highest BCUT2D eigenvalue weighted by Crippen LogP contribution is 2.12. The molecule has 1 N–H and O–H groups in total. The average molecular weight is 178 g/mol. The number of nitrogens with one attached hydrogen (secondary N) is 1. The van der Waals surface area contributed by atoms with Gasteiger partial charge in [0.05, 0.1) is 12.5 Å². The molecule has 1 aromatic carbocycles. The number of hydrogen-bond acceptors (Lipinski definition) is 2. The molecule has 0 bridgehead atoms. The zero-order valence-corrected chi connectivity index (χ0v) is 7.47. The second-order valence-corrected chi connectivity index (χ2v) is 2.85. The summed E-state index contributed by atoms with van der Waals surface area (Å²) in [7, 11) is 0. The van der Waals surface area contributed by atoms with Crippen molar-refractivity contribution in [2.45, 2.75) is 13.3 Å². The third-order valence-corrected chi connectivity index (χ3v) is 1.61. The first-order valence-corrected chi connectivity index (χ1v) is 4.10. The summed E-state index contributed by atoms with van der Waals surface area (Å²) >= 11 is 0. The molecule has 3 heteroatoms. The van der Waals surface area contributed by atoms with Crippen molar-refractivity contribution in [3.05, 3.63) is 29.6 Å². The summed E-state index contributed by atoms with van der Waals surface area (Å²) < 4.78 is 12.8. The summed E-state index contributed by atoms with van der Waals surface area (Å²) in [5.74, 6) is -0.251. The van der Waals surface area contributed by atoms with Gasteiger partial charge in [-0.1, -0.05) is 0 Å². The van der Waals surface area contributed by atoms with E-state index in [9.17, 15) is 4.39 Å². The molecule has 0 saturated carbocycles. The fourth-order valence-corrected chi connectivity index (χ4v) is 1.10. The van der Waals surface area contributed by atoms with Crippen LogP contribution in [0.2, 0.25) is 0 Å². The first-order chi connectivity index (χ1) is 6.22. The molecular weight excluding hydrogens is 167 g/mol. The maximum Gasteiger partial charge on any atom is 0.125 e. The van der Waals surface area contributed by atoms with Gasteiger partial charge >= 0.3 is 0 Å². The van der Waals surface area contributed by atoms with Crippen LogP contribution in [0.5, 0.6) is 0 Å². The van der Waals surface area contributed by atoms with Crippen molar-refractivity contribution in [1.82, 2.24) is 0 Å². The van der Waals surface area contributed by atoms with Gasteiger partial charge in [-0.05, 0) is 30.7 Å². The van der Waals surface area contributed by atoms with E-state index in [1.54, 1.807) is 0 Å². The molecule has 0 fully saturated rings. The normalized spacial score (nSPS) is 9.31. The Morgan fingerprint density at radius 1 is 1.46 bits per heavy atom. The van der Waals surface area contributed by atoms with Crippen LogP contribution in [0.15, 0.2) is 18.2 Å². The number of benzene rings is 1. The number of rotatable bonds is 3. The van der Waals surface area contributed by atoms with Crippen LogP contribution in [-0.2, 0) is 0 Å². The van der Waals surface area contributed by atoms with E-state index >= 15 is 0 Å². The summed E-state index contributed by atoms with van der Waals surface area (Å²) in [4.78, 5) is 0. The topological polar surface area (TPSA) is 35.8 Å². The SMILES string of the molecule is Cc1cc(F)cc(NCCC#N)c1. The molecule has 68 valence electrons. The van der Waals surface area contributed by atoms with E-state index < -0.39 is 0 Å². The van der Waals surface area contributed by atoms with Gasteiger partial charge in [0, 0.05) is 12.2 Å². The third kappa shape index (κ3) is 3.12. The van der Waals surface area contributed by atoms with Crippen LogP contribution in [0, 0.1) is 24.1 Å². The van der Waals surface area contributed by atoms with Gasteiger partial charge in [-0.15, -0.1) is 0 Å². The van der Waals surface area contributed by atoms with Crippen molar-refractivity contribution in [1.29, 1.82) is 5.26 Å². The van der Waals surface area contributed by atoms with Crippen LogP contribution < -0.4 is 5.32 Å². The van der Waals surface area contributed by atoms with Crippen molar-refractivity contribution < 1.29 is 4.39 Å². The molecule has 1 rings (SSSR count). The number of halogens is 1. The Kier molecular flexibility index (Phi) is 3.27. The van der Waals surface area contributed by atoms with Crippen molar-refractivity contribution >= 4 is 5.69 Å². The van der Waals surface area contributed by atoms with E-state index in [2.05, 4.69) is 5.32 Å². The predicted octanol–water partition coefficient (Wildman–Crippen LogP) is 2.46. The lowest BCUT2D eigenvalue weighted by molar-refractivity contribution is 0.627. The van der Waals surface area contributed by atoms with Crippen molar-refractivity contribution in [3.63, 3.8) is 0 Å². The zero-order chi connectivity index (χ0) is 9.68. The second kappa shape index (κ2) is 4.46. The third-order valence-electron chi connectivity index (χ3n) is 1.61. The molecule has 0 aromatic heterocycles. The van der Waals surface area contributed by atoms with Gasteiger partial charge in [-0.25, -0.2) is 4.39 Å². The smallest absolute Gasteiger partial charge is 0.125 e. The van der Waals surface area contributed by atoms with E-state index in [1.165, 1.54) is 12.1 Å². The summed E-state index contributed by atoms with van der Waals surface area (Å²) in [5, 5.41) is 11.3. The van der Waals surface area contributed by atoms with Gasteiger partial charge in [0.25, 0.3) is 0 Å². The first kappa shape index (κ1) is 9.53.